The van der Waals surface area contributed by atoms with Crippen LogP contribution in [-0.2, 0) is 0 Å². The molecule has 0 spiro atoms. The van der Waals surface area contributed by atoms with E-state index in [0.717, 1.165) is 30.9 Å². The van der Waals surface area contributed by atoms with Crippen molar-refractivity contribution in [1.82, 2.24) is 10.6 Å². The fraction of sp³-hybridized carbons (Fsp3) is 0.400. The lowest BCUT2D eigenvalue weighted by Crippen LogP contribution is -2.15. The summed E-state index contributed by atoms with van der Waals surface area (Å²) in [5.41, 5.74) is 4.57. The lowest BCUT2D eigenvalue weighted by Gasteiger charge is -2.12. The number of hydrogen-bond acceptors (Lipinski definition) is 2. The van der Waals surface area contributed by atoms with Crippen LogP contribution in [0.2, 0.25) is 0 Å². The standard InChI is InChI=1S/C20H30N2/c1-5-12-18(3)21-15-10-6-7-11-16-22-19(4)20-14-9-8-13-17(20)2/h5,8-9,13-14,21-22H,1,3-4,6-7,10-12,15-16H2,2H3. The predicted molar refractivity (Wildman–Crippen MR) is 98.6 cm³/mol. The summed E-state index contributed by atoms with van der Waals surface area (Å²) in [6.07, 6.45) is 7.58. The molecule has 0 aliphatic carbocycles. The zero-order valence-electron chi connectivity index (χ0n) is 14.0. The van der Waals surface area contributed by atoms with Gasteiger partial charge in [0.1, 0.15) is 0 Å². The van der Waals surface area contributed by atoms with Crippen LogP contribution in [0.5, 0.6) is 0 Å². The summed E-state index contributed by atoms with van der Waals surface area (Å²) in [4.78, 5) is 0. The van der Waals surface area contributed by atoms with Crippen LogP contribution in [0, 0.1) is 6.92 Å². The van der Waals surface area contributed by atoms with Crippen molar-refractivity contribution in [3.8, 4) is 0 Å². The molecule has 0 saturated heterocycles. The number of nitrogens with one attached hydrogen (secondary N) is 2. The SMILES string of the molecule is C=CCC(=C)NCCCCCCNC(=C)c1ccccc1C. The van der Waals surface area contributed by atoms with Crippen LogP contribution < -0.4 is 10.6 Å². The maximum Gasteiger partial charge on any atom is 0.0343 e. The first-order chi connectivity index (χ1) is 10.6. The molecule has 1 aromatic rings. The van der Waals surface area contributed by atoms with E-state index in [9.17, 15) is 0 Å². The Morgan fingerprint density at radius 2 is 1.64 bits per heavy atom. The highest BCUT2D eigenvalue weighted by atomic mass is 14.9. The number of rotatable bonds is 12. The van der Waals surface area contributed by atoms with Gasteiger partial charge in [-0.25, -0.2) is 0 Å². The van der Waals surface area contributed by atoms with Gasteiger partial charge in [0.2, 0.25) is 0 Å². The van der Waals surface area contributed by atoms with Crippen molar-refractivity contribution in [2.75, 3.05) is 13.1 Å². The van der Waals surface area contributed by atoms with E-state index in [1.165, 1.54) is 36.8 Å². The second-order valence-corrected chi connectivity index (χ2v) is 5.66. The maximum absolute atomic E-state index is 4.13. The third-order valence-electron chi connectivity index (χ3n) is 3.68. The van der Waals surface area contributed by atoms with Gasteiger partial charge >= 0.3 is 0 Å². The van der Waals surface area contributed by atoms with Gasteiger partial charge < -0.3 is 10.6 Å². The van der Waals surface area contributed by atoms with Crippen LogP contribution in [0.15, 0.2) is 55.8 Å². The molecule has 1 rings (SSSR count). The van der Waals surface area contributed by atoms with Crippen LogP contribution in [0.4, 0.5) is 0 Å². The molecule has 0 saturated carbocycles. The van der Waals surface area contributed by atoms with Gasteiger partial charge in [-0.3, -0.25) is 0 Å². The molecule has 0 radical (unpaired) electrons. The fourth-order valence-corrected chi connectivity index (χ4v) is 2.36. The molecule has 0 aromatic heterocycles. The van der Waals surface area contributed by atoms with Gasteiger partial charge in [0, 0.05) is 30.9 Å². The molecule has 2 N–H and O–H groups in total. The highest BCUT2D eigenvalue weighted by molar-refractivity contribution is 5.64. The Hall–Kier alpha value is -1.96. The second-order valence-electron chi connectivity index (χ2n) is 5.66. The van der Waals surface area contributed by atoms with Gasteiger partial charge in [-0.05, 0) is 30.9 Å². The van der Waals surface area contributed by atoms with Crippen molar-refractivity contribution in [2.45, 2.75) is 39.0 Å². The molecule has 0 atom stereocenters. The monoisotopic (exact) mass is 298 g/mol. The maximum atomic E-state index is 4.13. The summed E-state index contributed by atoms with van der Waals surface area (Å²) in [6, 6.07) is 8.36. The van der Waals surface area contributed by atoms with Crippen molar-refractivity contribution in [3.05, 3.63) is 66.9 Å². The topological polar surface area (TPSA) is 24.1 Å². The van der Waals surface area contributed by atoms with E-state index in [1.807, 2.05) is 6.08 Å². The zero-order valence-corrected chi connectivity index (χ0v) is 14.0. The summed E-state index contributed by atoms with van der Waals surface area (Å²) >= 11 is 0. The first-order valence-corrected chi connectivity index (χ1v) is 8.16. The smallest absolute Gasteiger partial charge is 0.0343 e. The minimum atomic E-state index is 0.852. The average Bonchev–Trinajstić information content (AvgIpc) is 2.50. The number of hydrogen-bond donors (Lipinski definition) is 2. The molecule has 0 aliphatic heterocycles. The third-order valence-corrected chi connectivity index (χ3v) is 3.68. The van der Waals surface area contributed by atoms with Crippen LogP contribution in [0.1, 0.15) is 43.2 Å². The summed E-state index contributed by atoms with van der Waals surface area (Å²) in [6.45, 7) is 15.9. The van der Waals surface area contributed by atoms with Gasteiger partial charge in [0.15, 0.2) is 0 Å². The average molecular weight is 298 g/mol. The number of benzene rings is 1. The number of allylic oxidation sites excluding steroid dienone is 1. The summed E-state index contributed by atoms with van der Waals surface area (Å²) in [5.74, 6) is 0. The molecule has 2 heteroatoms. The summed E-state index contributed by atoms with van der Waals surface area (Å²) in [5, 5.41) is 6.76. The van der Waals surface area contributed by atoms with Crippen molar-refractivity contribution >= 4 is 5.70 Å². The van der Waals surface area contributed by atoms with Crippen molar-refractivity contribution in [3.63, 3.8) is 0 Å². The van der Waals surface area contributed by atoms with Gasteiger partial charge in [-0.1, -0.05) is 56.3 Å². The van der Waals surface area contributed by atoms with Gasteiger partial charge in [-0.15, -0.1) is 6.58 Å². The van der Waals surface area contributed by atoms with Gasteiger partial charge in [0.05, 0.1) is 0 Å². The second kappa shape index (κ2) is 10.7. The molecule has 1 aromatic carbocycles. The molecule has 0 amide bonds. The van der Waals surface area contributed by atoms with Crippen LogP contribution in [-0.4, -0.2) is 13.1 Å². The molecular weight excluding hydrogens is 268 g/mol. The predicted octanol–water partition coefficient (Wildman–Crippen LogP) is 4.80. The Labute approximate surface area is 136 Å². The van der Waals surface area contributed by atoms with E-state index in [2.05, 4.69) is 61.6 Å². The molecule has 0 aliphatic rings. The van der Waals surface area contributed by atoms with Crippen molar-refractivity contribution in [2.24, 2.45) is 0 Å². The molecule has 22 heavy (non-hydrogen) atoms. The van der Waals surface area contributed by atoms with E-state index in [1.54, 1.807) is 0 Å². The largest absolute Gasteiger partial charge is 0.389 e. The van der Waals surface area contributed by atoms with Gasteiger partial charge in [0.25, 0.3) is 0 Å². The van der Waals surface area contributed by atoms with Crippen LogP contribution in [0.25, 0.3) is 5.70 Å². The molecule has 0 heterocycles. The quantitative estimate of drug-likeness (QED) is 0.428. The Bertz CT molecular complexity index is 488. The number of aryl methyl sites for hydroxylation is 1. The van der Waals surface area contributed by atoms with Gasteiger partial charge in [-0.2, -0.15) is 0 Å². The Morgan fingerprint density at radius 1 is 1.00 bits per heavy atom. The van der Waals surface area contributed by atoms with Crippen LogP contribution >= 0.6 is 0 Å². The van der Waals surface area contributed by atoms with E-state index >= 15 is 0 Å². The van der Waals surface area contributed by atoms with E-state index in [0.29, 0.717) is 0 Å². The first kappa shape index (κ1) is 18.1. The summed E-state index contributed by atoms with van der Waals surface area (Å²) in [7, 11) is 0. The summed E-state index contributed by atoms with van der Waals surface area (Å²) < 4.78 is 0. The zero-order chi connectivity index (χ0) is 16.2. The normalized spacial score (nSPS) is 10.0. The Morgan fingerprint density at radius 3 is 2.27 bits per heavy atom. The third kappa shape index (κ3) is 7.16. The Kier molecular flexibility index (Phi) is 8.82. The van der Waals surface area contributed by atoms with Crippen LogP contribution in [0.3, 0.4) is 0 Å². The highest BCUT2D eigenvalue weighted by Gasteiger charge is 2.00. The van der Waals surface area contributed by atoms with Crippen molar-refractivity contribution in [1.29, 1.82) is 0 Å². The minimum Gasteiger partial charge on any atom is -0.389 e. The molecule has 0 unspecified atom stereocenters. The molecule has 120 valence electrons. The lowest BCUT2D eigenvalue weighted by molar-refractivity contribution is 0.607. The van der Waals surface area contributed by atoms with E-state index in [4.69, 9.17) is 0 Å². The molecule has 0 fully saturated rings. The first-order valence-electron chi connectivity index (χ1n) is 8.16. The van der Waals surface area contributed by atoms with E-state index in [-0.39, 0.29) is 0 Å². The fourth-order valence-electron chi connectivity index (χ4n) is 2.36. The molecular formula is C20H30N2. The lowest BCUT2D eigenvalue weighted by atomic mass is 10.1. The highest BCUT2D eigenvalue weighted by Crippen LogP contribution is 2.14. The van der Waals surface area contributed by atoms with Crippen molar-refractivity contribution < 1.29 is 0 Å². The molecule has 0 bridgehead atoms. The number of unbranched alkanes of at least 4 members (excludes halogenated alkanes) is 3. The minimum absolute atomic E-state index is 0.852. The Balaban J connectivity index is 2.04. The molecule has 2 nitrogen and oxygen atoms in total. The van der Waals surface area contributed by atoms with E-state index < -0.39 is 0 Å².